The second-order valence-corrected chi connectivity index (χ2v) is 7.60. The van der Waals surface area contributed by atoms with Gasteiger partial charge in [0.15, 0.2) is 0 Å². The number of hydrogen-bond acceptors (Lipinski definition) is 1. The van der Waals surface area contributed by atoms with Gasteiger partial charge in [-0.1, -0.05) is 48.9 Å². The van der Waals surface area contributed by atoms with E-state index in [4.69, 9.17) is 0 Å². The van der Waals surface area contributed by atoms with Crippen LogP contribution in [0.2, 0.25) is 0 Å². The van der Waals surface area contributed by atoms with E-state index >= 15 is 0 Å². The summed E-state index contributed by atoms with van der Waals surface area (Å²) in [6, 6.07) is 15.4. The van der Waals surface area contributed by atoms with Crippen LogP contribution < -0.4 is 4.90 Å². The molecule has 2 aromatic rings. The number of piperidine rings is 1. The Morgan fingerprint density at radius 3 is 2.35 bits per heavy atom. The molecule has 2 aromatic carbocycles. The van der Waals surface area contributed by atoms with Gasteiger partial charge >= 0.3 is 0 Å². The van der Waals surface area contributed by atoms with E-state index in [0.717, 1.165) is 19.4 Å². The van der Waals surface area contributed by atoms with Crippen molar-refractivity contribution in [2.75, 3.05) is 19.6 Å². The lowest BCUT2D eigenvalue weighted by Crippen LogP contribution is -3.14. The molecule has 0 aromatic heterocycles. The van der Waals surface area contributed by atoms with Gasteiger partial charge in [-0.2, -0.15) is 0 Å². The summed E-state index contributed by atoms with van der Waals surface area (Å²) in [5.41, 5.74) is 1.36. The SMILES string of the molecule is OC(C[NH+]1CCCCC1)C1(c2ccc3ccccc3c2)CCC1. The number of hydrogen-bond donors (Lipinski definition) is 2. The molecule has 0 bridgehead atoms. The largest absolute Gasteiger partial charge is 0.386 e. The standard InChI is InChI=1S/C21H27NO/c23-20(16-22-13-4-1-5-14-22)21(11-6-12-21)19-10-9-17-7-2-3-8-18(17)15-19/h2-3,7-10,15,20,23H,1,4-6,11-14,16H2/p+1. The summed E-state index contributed by atoms with van der Waals surface area (Å²) in [6.07, 6.45) is 7.34. The van der Waals surface area contributed by atoms with Gasteiger partial charge in [-0.05, 0) is 48.4 Å². The van der Waals surface area contributed by atoms with E-state index < -0.39 is 0 Å². The van der Waals surface area contributed by atoms with Crippen LogP contribution in [0.4, 0.5) is 0 Å². The van der Waals surface area contributed by atoms with Crippen molar-refractivity contribution in [3.63, 3.8) is 0 Å². The van der Waals surface area contributed by atoms with Crippen molar-refractivity contribution in [1.29, 1.82) is 0 Å². The lowest BCUT2D eigenvalue weighted by atomic mass is 9.60. The third-order valence-electron chi connectivity index (χ3n) is 6.25. The van der Waals surface area contributed by atoms with Gasteiger partial charge in [-0.3, -0.25) is 0 Å². The fourth-order valence-electron chi connectivity index (χ4n) is 4.60. The summed E-state index contributed by atoms with van der Waals surface area (Å²) in [5.74, 6) is 0. The zero-order chi connectivity index (χ0) is 15.7. The Kier molecular flexibility index (Phi) is 4.13. The summed E-state index contributed by atoms with van der Waals surface area (Å²) in [5, 5.41) is 13.7. The van der Waals surface area contributed by atoms with E-state index in [1.807, 2.05) is 0 Å². The van der Waals surface area contributed by atoms with E-state index in [1.165, 1.54) is 55.1 Å². The highest BCUT2D eigenvalue weighted by Crippen LogP contribution is 2.46. The van der Waals surface area contributed by atoms with Gasteiger partial charge in [0, 0.05) is 5.41 Å². The van der Waals surface area contributed by atoms with Gasteiger partial charge in [0.1, 0.15) is 12.6 Å². The van der Waals surface area contributed by atoms with E-state index in [2.05, 4.69) is 42.5 Å². The lowest BCUT2D eigenvalue weighted by Gasteiger charge is -2.46. The molecule has 2 nitrogen and oxygen atoms in total. The van der Waals surface area contributed by atoms with Crippen LogP contribution in [-0.2, 0) is 5.41 Å². The minimum Gasteiger partial charge on any atom is -0.386 e. The van der Waals surface area contributed by atoms with Gasteiger partial charge in [-0.25, -0.2) is 0 Å². The zero-order valence-electron chi connectivity index (χ0n) is 13.9. The number of fused-ring (bicyclic) bond motifs is 1. The van der Waals surface area contributed by atoms with Crippen molar-refractivity contribution in [3.05, 3.63) is 48.0 Å². The molecule has 23 heavy (non-hydrogen) atoms. The molecule has 0 amide bonds. The van der Waals surface area contributed by atoms with Crippen molar-refractivity contribution in [2.45, 2.75) is 50.0 Å². The Hall–Kier alpha value is -1.38. The number of quaternary nitrogens is 1. The molecule has 1 heterocycles. The quantitative estimate of drug-likeness (QED) is 0.892. The minimum absolute atomic E-state index is 0.00841. The number of likely N-dealkylation sites (tertiary alicyclic amines) is 1. The van der Waals surface area contributed by atoms with Crippen molar-refractivity contribution in [3.8, 4) is 0 Å². The first-order chi connectivity index (χ1) is 11.3. The van der Waals surface area contributed by atoms with Crippen LogP contribution in [0.25, 0.3) is 10.8 Å². The molecule has 0 spiro atoms. The first kappa shape index (κ1) is 15.2. The maximum Gasteiger partial charge on any atom is 0.112 e. The topological polar surface area (TPSA) is 24.7 Å². The molecule has 4 rings (SSSR count). The van der Waals surface area contributed by atoms with Crippen LogP contribution in [-0.4, -0.2) is 30.8 Å². The smallest absolute Gasteiger partial charge is 0.112 e. The second kappa shape index (κ2) is 6.26. The van der Waals surface area contributed by atoms with Crippen LogP contribution in [0.15, 0.2) is 42.5 Å². The van der Waals surface area contributed by atoms with Crippen LogP contribution >= 0.6 is 0 Å². The molecule has 1 saturated carbocycles. The van der Waals surface area contributed by atoms with Gasteiger partial charge in [0.2, 0.25) is 0 Å². The first-order valence-electron chi connectivity index (χ1n) is 9.29. The van der Waals surface area contributed by atoms with Crippen molar-refractivity contribution < 1.29 is 10.0 Å². The van der Waals surface area contributed by atoms with E-state index in [1.54, 1.807) is 4.90 Å². The molecule has 2 heteroatoms. The highest BCUT2D eigenvalue weighted by molar-refractivity contribution is 5.83. The highest BCUT2D eigenvalue weighted by atomic mass is 16.3. The monoisotopic (exact) mass is 310 g/mol. The normalized spacial score (nSPS) is 22.7. The molecule has 1 aliphatic heterocycles. The average Bonchev–Trinajstić information content (AvgIpc) is 2.55. The molecule has 2 N–H and O–H groups in total. The predicted molar refractivity (Wildman–Crippen MR) is 94.9 cm³/mol. The van der Waals surface area contributed by atoms with Crippen molar-refractivity contribution in [2.24, 2.45) is 0 Å². The molecule has 122 valence electrons. The van der Waals surface area contributed by atoms with Crippen LogP contribution in [0.5, 0.6) is 0 Å². The van der Waals surface area contributed by atoms with Gasteiger partial charge < -0.3 is 10.0 Å². The molecule has 2 aliphatic rings. The summed E-state index contributed by atoms with van der Waals surface area (Å²) in [7, 11) is 0. The molecule has 1 aliphatic carbocycles. The summed E-state index contributed by atoms with van der Waals surface area (Å²) >= 11 is 0. The fourth-order valence-corrected chi connectivity index (χ4v) is 4.60. The van der Waals surface area contributed by atoms with Crippen molar-refractivity contribution >= 4 is 10.8 Å². The fraction of sp³-hybridized carbons (Fsp3) is 0.524. The Bertz CT molecular complexity index is 670. The van der Waals surface area contributed by atoms with Crippen LogP contribution in [0, 0.1) is 0 Å². The predicted octanol–water partition coefficient (Wildman–Crippen LogP) is 2.69. The third kappa shape index (κ3) is 2.79. The van der Waals surface area contributed by atoms with Crippen LogP contribution in [0.1, 0.15) is 44.1 Å². The zero-order valence-corrected chi connectivity index (χ0v) is 13.9. The summed E-state index contributed by atoms with van der Waals surface area (Å²) < 4.78 is 0. The number of aliphatic hydroxyl groups excluding tert-OH is 1. The molecule has 1 unspecified atom stereocenters. The Balaban J connectivity index is 1.59. The Morgan fingerprint density at radius 1 is 0.913 bits per heavy atom. The molecule has 2 fully saturated rings. The number of nitrogens with one attached hydrogen (secondary N) is 1. The van der Waals surface area contributed by atoms with Gasteiger partial charge in [0.25, 0.3) is 0 Å². The number of rotatable bonds is 4. The maximum absolute atomic E-state index is 11.1. The average molecular weight is 310 g/mol. The number of aliphatic hydroxyl groups is 1. The summed E-state index contributed by atoms with van der Waals surface area (Å²) in [6.45, 7) is 3.41. The van der Waals surface area contributed by atoms with E-state index in [9.17, 15) is 5.11 Å². The molecular formula is C21H28NO+. The summed E-state index contributed by atoms with van der Waals surface area (Å²) in [4.78, 5) is 1.61. The second-order valence-electron chi connectivity index (χ2n) is 7.60. The number of benzene rings is 2. The molecule has 1 atom stereocenters. The molecular weight excluding hydrogens is 282 g/mol. The van der Waals surface area contributed by atoms with E-state index in [-0.39, 0.29) is 11.5 Å². The molecule has 1 saturated heterocycles. The van der Waals surface area contributed by atoms with Gasteiger partial charge in [-0.15, -0.1) is 0 Å². The van der Waals surface area contributed by atoms with Gasteiger partial charge in [0.05, 0.1) is 13.1 Å². The highest BCUT2D eigenvalue weighted by Gasteiger charge is 2.46. The third-order valence-corrected chi connectivity index (χ3v) is 6.25. The molecule has 0 radical (unpaired) electrons. The van der Waals surface area contributed by atoms with Crippen molar-refractivity contribution in [1.82, 2.24) is 0 Å². The Morgan fingerprint density at radius 2 is 1.65 bits per heavy atom. The lowest BCUT2D eigenvalue weighted by molar-refractivity contribution is -0.908. The van der Waals surface area contributed by atoms with Crippen LogP contribution in [0.3, 0.4) is 0 Å². The van der Waals surface area contributed by atoms with E-state index in [0.29, 0.717) is 0 Å². The Labute approximate surface area is 139 Å². The minimum atomic E-state index is -0.203. The maximum atomic E-state index is 11.1. The first-order valence-corrected chi connectivity index (χ1v) is 9.29.